The van der Waals surface area contributed by atoms with Crippen LogP contribution in [0.15, 0.2) is 77.8 Å². The summed E-state index contributed by atoms with van der Waals surface area (Å²) in [6, 6.07) is 23.1. The number of hydrogen-bond acceptors (Lipinski definition) is 3. The Morgan fingerprint density at radius 3 is 2.44 bits per heavy atom. The average Bonchev–Trinajstić information content (AvgIpc) is 2.67. The van der Waals surface area contributed by atoms with Gasteiger partial charge in [-0.2, -0.15) is 0 Å². The van der Waals surface area contributed by atoms with Crippen molar-refractivity contribution in [2.24, 2.45) is 4.99 Å². The van der Waals surface area contributed by atoms with Crippen LogP contribution in [0.2, 0.25) is 5.02 Å². The first-order valence-electron chi connectivity index (χ1n) is 7.89. The number of para-hydroxylation sites is 1. The van der Waals surface area contributed by atoms with Crippen molar-refractivity contribution >= 4 is 23.5 Å². The predicted molar refractivity (Wildman–Crippen MR) is 102 cm³/mol. The zero-order valence-electron chi connectivity index (χ0n) is 13.9. The number of nitrogens with zero attached hydrogens (tertiary/aromatic N) is 1. The third kappa shape index (κ3) is 4.61. The van der Waals surface area contributed by atoms with Crippen LogP contribution < -0.4 is 9.47 Å². The molecule has 3 nitrogen and oxygen atoms in total. The molecule has 25 heavy (non-hydrogen) atoms. The van der Waals surface area contributed by atoms with E-state index in [9.17, 15) is 0 Å². The Morgan fingerprint density at radius 2 is 1.68 bits per heavy atom. The fourth-order valence-corrected chi connectivity index (χ4v) is 2.51. The molecule has 0 heterocycles. The summed E-state index contributed by atoms with van der Waals surface area (Å²) in [7, 11) is 1.62. The van der Waals surface area contributed by atoms with E-state index in [1.54, 1.807) is 13.3 Å². The molecule has 0 aromatic heterocycles. The van der Waals surface area contributed by atoms with Crippen LogP contribution in [0.3, 0.4) is 0 Å². The number of aliphatic imine (C=N–C) groups is 1. The Labute approximate surface area is 152 Å². The van der Waals surface area contributed by atoms with Crippen LogP contribution in [-0.4, -0.2) is 13.3 Å². The Bertz CT molecular complexity index is 863. The number of benzene rings is 3. The number of ether oxygens (including phenoxy) is 2. The molecular weight excluding hydrogens is 334 g/mol. The van der Waals surface area contributed by atoms with Gasteiger partial charge in [0.25, 0.3) is 0 Å². The van der Waals surface area contributed by atoms with Crippen molar-refractivity contribution < 1.29 is 9.47 Å². The average molecular weight is 352 g/mol. The van der Waals surface area contributed by atoms with Gasteiger partial charge in [0.15, 0.2) is 11.5 Å². The molecule has 0 atom stereocenters. The summed E-state index contributed by atoms with van der Waals surface area (Å²) in [5, 5.41) is 0.688. The van der Waals surface area contributed by atoms with Crippen LogP contribution in [0.25, 0.3) is 0 Å². The minimum absolute atomic E-state index is 0.382. The second kappa shape index (κ2) is 8.36. The van der Waals surface area contributed by atoms with Crippen molar-refractivity contribution in [3.8, 4) is 11.5 Å². The summed E-state index contributed by atoms with van der Waals surface area (Å²) in [5.74, 6) is 1.32. The molecule has 126 valence electrons. The van der Waals surface area contributed by atoms with Crippen molar-refractivity contribution in [3.63, 3.8) is 0 Å². The van der Waals surface area contributed by atoms with E-state index in [-0.39, 0.29) is 0 Å². The minimum atomic E-state index is 0.382. The maximum absolute atomic E-state index is 6.16. The number of rotatable bonds is 6. The Kier molecular flexibility index (Phi) is 5.70. The molecule has 0 aliphatic rings. The molecule has 0 spiro atoms. The largest absolute Gasteiger partial charge is 0.493 e. The highest BCUT2D eigenvalue weighted by Crippen LogP contribution is 2.29. The van der Waals surface area contributed by atoms with Crippen molar-refractivity contribution in [2.45, 2.75) is 6.61 Å². The summed E-state index contributed by atoms with van der Waals surface area (Å²) >= 11 is 6.16. The molecule has 3 aromatic carbocycles. The predicted octanol–water partition coefficient (Wildman–Crippen LogP) is 5.68. The fourth-order valence-electron chi connectivity index (χ4n) is 2.32. The van der Waals surface area contributed by atoms with Gasteiger partial charge in [-0.05, 0) is 42.0 Å². The standard InChI is InChI=1S/C21H18ClNO2/c1-24-21-13-16(14-23-18-8-3-2-4-9-18)11-12-20(21)25-15-17-7-5-6-10-19(17)22/h2-14H,15H2,1H3. The molecule has 0 bridgehead atoms. The third-order valence-electron chi connectivity index (χ3n) is 3.65. The molecule has 0 aliphatic heterocycles. The quantitative estimate of drug-likeness (QED) is 0.535. The lowest BCUT2D eigenvalue weighted by Gasteiger charge is -2.12. The van der Waals surface area contributed by atoms with Gasteiger partial charge in [0, 0.05) is 16.8 Å². The van der Waals surface area contributed by atoms with E-state index in [2.05, 4.69) is 4.99 Å². The van der Waals surface area contributed by atoms with E-state index in [4.69, 9.17) is 21.1 Å². The molecule has 4 heteroatoms. The zero-order valence-corrected chi connectivity index (χ0v) is 14.6. The number of halogens is 1. The van der Waals surface area contributed by atoms with E-state index < -0.39 is 0 Å². The molecule has 0 N–H and O–H groups in total. The van der Waals surface area contributed by atoms with Crippen molar-refractivity contribution in [2.75, 3.05) is 7.11 Å². The van der Waals surface area contributed by atoms with Crippen LogP contribution in [0.1, 0.15) is 11.1 Å². The molecule has 0 unspecified atom stereocenters. The van der Waals surface area contributed by atoms with Gasteiger partial charge in [-0.15, -0.1) is 0 Å². The van der Waals surface area contributed by atoms with Gasteiger partial charge in [-0.25, -0.2) is 0 Å². The summed E-state index contributed by atoms with van der Waals surface area (Å²) in [4.78, 5) is 4.45. The molecule has 0 aliphatic carbocycles. The Hall–Kier alpha value is -2.78. The van der Waals surface area contributed by atoms with Crippen molar-refractivity contribution in [1.29, 1.82) is 0 Å². The smallest absolute Gasteiger partial charge is 0.161 e. The second-order valence-electron chi connectivity index (χ2n) is 5.38. The van der Waals surface area contributed by atoms with E-state index in [1.165, 1.54) is 0 Å². The van der Waals surface area contributed by atoms with Gasteiger partial charge < -0.3 is 9.47 Å². The molecular formula is C21H18ClNO2. The molecule has 0 saturated carbocycles. The zero-order chi connectivity index (χ0) is 17.5. The molecule has 0 fully saturated rings. The Morgan fingerprint density at radius 1 is 0.920 bits per heavy atom. The first-order valence-corrected chi connectivity index (χ1v) is 8.27. The summed E-state index contributed by atoms with van der Waals surface area (Å²) in [6.07, 6.45) is 1.80. The summed E-state index contributed by atoms with van der Waals surface area (Å²) < 4.78 is 11.3. The van der Waals surface area contributed by atoms with Gasteiger partial charge in [0.1, 0.15) is 6.61 Å². The summed E-state index contributed by atoms with van der Waals surface area (Å²) in [6.45, 7) is 0.382. The first-order chi connectivity index (χ1) is 12.3. The third-order valence-corrected chi connectivity index (χ3v) is 4.02. The van der Waals surface area contributed by atoms with Crippen LogP contribution >= 0.6 is 11.6 Å². The number of methoxy groups -OCH3 is 1. The van der Waals surface area contributed by atoms with E-state index in [1.807, 2.05) is 72.8 Å². The van der Waals surface area contributed by atoms with Crippen LogP contribution in [-0.2, 0) is 6.61 Å². The highest BCUT2D eigenvalue weighted by Gasteiger charge is 2.07. The van der Waals surface area contributed by atoms with Gasteiger partial charge in [0.05, 0.1) is 12.8 Å². The Balaban J connectivity index is 1.73. The van der Waals surface area contributed by atoms with E-state index in [0.717, 1.165) is 16.8 Å². The van der Waals surface area contributed by atoms with Gasteiger partial charge in [0.2, 0.25) is 0 Å². The molecule has 0 saturated heterocycles. The lowest BCUT2D eigenvalue weighted by molar-refractivity contribution is 0.284. The van der Waals surface area contributed by atoms with Crippen LogP contribution in [0, 0.1) is 0 Å². The van der Waals surface area contributed by atoms with Gasteiger partial charge in [-0.3, -0.25) is 4.99 Å². The highest BCUT2D eigenvalue weighted by molar-refractivity contribution is 6.31. The minimum Gasteiger partial charge on any atom is -0.493 e. The summed E-state index contributed by atoms with van der Waals surface area (Å²) in [5.41, 5.74) is 2.77. The molecule has 3 aromatic rings. The molecule has 3 rings (SSSR count). The monoisotopic (exact) mass is 351 g/mol. The molecule has 0 radical (unpaired) electrons. The topological polar surface area (TPSA) is 30.8 Å². The SMILES string of the molecule is COc1cc(C=Nc2ccccc2)ccc1OCc1ccccc1Cl. The maximum atomic E-state index is 6.16. The van der Waals surface area contributed by atoms with Crippen molar-refractivity contribution in [1.82, 2.24) is 0 Å². The van der Waals surface area contributed by atoms with Gasteiger partial charge in [-0.1, -0.05) is 48.0 Å². The van der Waals surface area contributed by atoms with Crippen LogP contribution in [0.5, 0.6) is 11.5 Å². The lowest BCUT2D eigenvalue weighted by atomic mass is 10.2. The molecule has 0 amide bonds. The normalized spacial score (nSPS) is 10.8. The fraction of sp³-hybridized carbons (Fsp3) is 0.0952. The highest BCUT2D eigenvalue weighted by atomic mass is 35.5. The first kappa shape index (κ1) is 17.1. The lowest BCUT2D eigenvalue weighted by Crippen LogP contribution is -1.99. The second-order valence-corrected chi connectivity index (χ2v) is 5.79. The van der Waals surface area contributed by atoms with Crippen LogP contribution in [0.4, 0.5) is 5.69 Å². The van der Waals surface area contributed by atoms with Crippen molar-refractivity contribution in [3.05, 3.63) is 88.9 Å². The van der Waals surface area contributed by atoms with Gasteiger partial charge >= 0.3 is 0 Å². The van der Waals surface area contributed by atoms with E-state index in [0.29, 0.717) is 23.1 Å². The maximum Gasteiger partial charge on any atom is 0.161 e. The van der Waals surface area contributed by atoms with E-state index >= 15 is 0 Å². The number of hydrogen-bond donors (Lipinski definition) is 0.